The molecule has 2 aromatic rings. The average molecular weight is 513 g/mol. The molecule has 2 saturated carbocycles. The van der Waals surface area contributed by atoms with Gasteiger partial charge in [-0.3, -0.25) is 9.89 Å². The van der Waals surface area contributed by atoms with Crippen molar-refractivity contribution in [1.29, 1.82) is 0 Å². The van der Waals surface area contributed by atoms with Gasteiger partial charge in [-0.15, -0.1) is 24.8 Å². The van der Waals surface area contributed by atoms with E-state index in [4.69, 9.17) is 4.99 Å². The predicted octanol–water partition coefficient (Wildman–Crippen LogP) is 7.57. The summed E-state index contributed by atoms with van der Waals surface area (Å²) in [6.07, 6.45) is 16.5. The lowest BCUT2D eigenvalue weighted by Gasteiger charge is -2.42. The van der Waals surface area contributed by atoms with E-state index >= 15 is 0 Å². The highest BCUT2D eigenvalue weighted by Crippen LogP contribution is 2.34. The third kappa shape index (κ3) is 5.48. The van der Waals surface area contributed by atoms with E-state index in [1.165, 1.54) is 92.2 Å². The van der Waals surface area contributed by atoms with E-state index in [0.29, 0.717) is 0 Å². The molecule has 0 radical (unpaired) electrons. The molecule has 2 aliphatic heterocycles. The number of halogens is 2. The first-order valence-corrected chi connectivity index (χ1v) is 13.3. The van der Waals surface area contributed by atoms with Crippen LogP contribution in [0.3, 0.4) is 0 Å². The molecule has 0 bridgehead atoms. The van der Waals surface area contributed by atoms with Crippen molar-refractivity contribution in [3.63, 3.8) is 0 Å². The predicted molar refractivity (Wildman–Crippen MR) is 153 cm³/mol. The van der Waals surface area contributed by atoms with Crippen LogP contribution in [-0.4, -0.2) is 40.8 Å². The first-order chi connectivity index (χ1) is 16.4. The summed E-state index contributed by atoms with van der Waals surface area (Å²) in [6.45, 7) is 2.99. The Kier molecular flexibility index (Phi) is 8.97. The number of hydrogen-bond acceptors (Lipinski definition) is 3. The van der Waals surface area contributed by atoms with Crippen LogP contribution in [0.5, 0.6) is 0 Å². The zero-order valence-electron chi connectivity index (χ0n) is 20.7. The van der Waals surface area contributed by atoms with Crippen LogP contribution >= 0.6 is 24.8 Å². The van der Waals surface area contributed by atoms with Crippen molar-refractivity contribution in [1.82, 2.24) is 9.80 Å². The van der Waals surface area contributed by atoms with Gasteiger partial charge >= 0.3 is 0 Å². The lowest BCUT2D eigenvalue weighted by Crippen LogP contribution is -2.44. The Bertz CT molecular complexity index is 1020. The van der Waals surface area contributed by atoms with Crippen LogP contribution in [0.25, 0.3) is 11.8 Å². The summed E-state index contributed by atoms with van der Waals surface area (Å²) in [6, 6.07) is 19.7. The highest BCUT2D eigenvalue weighted by molar-refractivity contribution is 6.12. The number of fused-ring (bicyclic) bond motifs is 3. The Balaban J connectivity index is 0.00000144. The Morgan fingerprint density at radius 2 is 1.40 bits per heavy atom. The van der Waals surface area contributed by atoms with Gasteiger partial charge < -0.3 is 4.90 Å². The topological polar surface area (TPSA) is 18.8 Å². The van der Waals surface area contributed by atoms with Crippen molar-refractivity contribution in [3.8, 4) is 0 Å². The molecule has 2 aromatic carbocycles. The third-order valence-corrected chi connectivity index (χ3v) is 8.33. The van der Waals surface area contributed by atoms with Gasteiger partial charge in [0.05, 0.1) is 12.2 Å². The molecular formula is C30H39Cl2N3. The smallest absolute Gasteiger partial charge is 0.136 e. The van der Waals surface area contributed by atoms with Crippen LogP contribution in [0.4, 0.5) is 0 Å². The molecule has 35 heavy (non-hydrogen) atoms. The largest absolute Gasteiger partial charge is 0.324 e. The average Bonchev–Trinajstić information content (AvgIpc) is 3.39. The minimum Gasteiger partial charge on any atom is -0.324 e. The van der Waals surface area contributed by atoms with E-state index in [1.54, 1.807) is 0 Å². The molecule has 6 rings (SSSR count). The summed E-state index contributed by atoms with van der Waals surface area (Å²) in [4.78, 5) is 10.2. The highest BCUT2D eigenvalue weighted by atomic mass is 35.5. The summed E-state index contributed by atoms with van der Waals surface area (Å²) in [5.74, 6) is 1.15. The van der Waals surface area contributed by atoms with Crippen molar-refractivity contribution in [3.05, 3.63) is 70.8 Å². The number of aliphatic imine (C=N–C) groups is 1. The fourth-order valence-electron chi connectivity index (χ4n) is 6.58. The number of benzene rings is 2. The minimum absolute atomic E-state index is 0. The summed E-state index contributed by atoms with van der Waals surface area (Å²) in [5.41, 5.74) is 6.64. The van der Waals surface area contributed by atoms with Crippen molar-refractivity contribution in [2.24, 2.45) is 4.99 Å². The maximum Gasteiger partial charge on any atom is 0.136 e. The van der Waals surface area contributed by atoms with Crippen LogP contribution in [0.15, 0.2) is 53.5 Å². The van der Waals surface area contributed by atoms with Gasteiger partial charge in [-0.25, -0.2) is 0 Å². The zero-order chi connectivity index (χ0) is 22.0. The molecule has 188 valence electrons. The summed E-state index contributed by atoms with van der Waals surface area (Å²) in [5, 5.41) is 0. The number of hydrogen-bond donors (Lipinski definition) is 0. The molecule has 2 aliphatic carbocycles. The van der Waals surface area contributed by atoms with Crippen LogP contribution in [0.1, 0.15) is 86.5 Å². The van der Waals surface area contributed by atoms with E-state index in [2.05, 4.69) is 64.4 Å². The van der Waals surface area contributed by atoms with Crippen LogP contribution in [-0.2, 0) is 6.54 Å². The van der Waals surface area contributed by atoms with Gasteiger partial charge in [0.2, 0.25) is 0 Å². The van der Waals surface area contributed by atoms with Crippen LogP contribution < -0.4 is 0 Å². The molecule has 4 aliphatic rings. The Morgan fingerprint density at radius 1 is 0.771 bits per heavy atom. The first-order valence-electron chi connectivity index (χ1n) is 13.3. The molecule has 0 atom stereocenters. The first kappa shape index (κ1) is 26.3. The van der Waals surface area contributed by atoms with E-state index in [1.807, 2.05) is 0 Å². The van der Waals surface area contributed by atoms with Crippen molar-refractivity contribution in [2.45, 2.75) is 82.8 Å². The quantitative estimate of drug-likeness (QED) is 0.411. The molecule has 0 saturated heterocycles. The molecule has 0 aromatic heterocycles. The molecule has 0 amide bonds. The molecule has 0 N–H and O–H groups in total. The SMILES string of the molecule is C1=C(c2ccc(CN(C3CCCCC3)C3CCCCC3)cc2)N2CCN=C2c2ccccc21.Cl.Cl. The van der Waals surface area contributed by atoms with Crippen molar-refractivity contribution in [2.75, 3.05) is 13.1 Å². The van der Waals surface area contributed by atoms with Crippen molar-refractivity contribution < 1.29 is 0 Å². The molecule has 0 unspecified atom stereocenters. The van der Waals surface area contributed by atoms with Gasteiger partial charge in [-0.05, 0) is 48.4 Å². The van der Waals surface area contributed by atoms with Gasteiger partial charge in [0.1, 0.15) is 5.84 Å². The monoisotopic (exact) mass is 511 g/mol. The standard InChI is InChI=1S/C30H37N3.2ClH/c1-3-10-26(11-4-1)33(27-12-5-2-6-13-27)22-23-15-17-24(18-16-23)29-21-25-9-7-8-14-28(25)30-31-19-20-32(29)30;;/h7-9,14-18,21,26-27H,1-6,10-13,19-20,22H2;2*1H. The molecular weight excluding hydrogens is 473 g/mol. The second-order valence-electron chi connectivity index (χ2n) is 10.4. The molecule has 5 heteroatoms. The van der Waals surface area contributed by atoms with E-state index in [-0.39, 0.29) is 24.8 Å². The van der Waals surface area contributed by atoms with Crippen LogP contribution in [0, 0.1) is 0 Å². The fraction of sp³-hybridized carbons (Fsp3) is 0.500. The maximum atomic E-state index is 4.83. The van der Waals surface area contributed by atoms with Gasteiger partial charge in [0.25, 0.3) is 0 Å². The molecule has 2 heterocycles. The Morgan fingerprint density at radius 3 is 2.06 bits per heavy atom. The lowest BCUT2D eigenvalue weighted by atomic mass is 9.88. The van der Waals surface area contributed by atoms with E-state index in [9.17, 15) is 0 Å². The number of rotatable bonds is 5. The summed E-state index contributed by atoms with van der Waals surface area (Å²) >= 11 is 0. The van der Waals surface area contributed by atoms with E-state index < -0.39 is 0 Å². The third-order valence-electron chi connectivity index (χ3n) is 8.33. The number of amidine groups is 1. The highest BCUT2D eigenvalue weighted by Gasteiger charge is 2.30. The summed E-state index contributed by atoms with van der Waals surface area (Å²) < 4.78 is 0. The van der Waals surface area contributed by atoms with Gasteiger partial charge in [0, 0.05) is 30.7 Å². The fourth-order valence-corrected chi connectivity index (χ4v) is 6.58. The van der Waals surface area contributed by atoms with Gasteiger partial charge in [0.15, 0.2) is 0 Å². The lowest BCUT2D eigenvalue weighted by molar-refractivity contribution is 0.0731. The molecule has 3 nitrogen and oxygen atoms in total. The van der Waals surface area contributed by atoms with E-state index in [0.717, 1.165) is 37.6 Å². The number of nitrogens with zero attached hydrogens (tertiary/aromatic N) is 3. The zero-order valence-corrected chi connectivity index (χ0v) is 22.3. The second kappa shape index (κ2) is 12.0. The molecule has 2 fully saturated rings. The Labute approximate surface area is 223 Å². The summed E-state index contributed by atoms with van der Waals surface area (Å²) in [7, 11) is 0. The maximum absolute atomic E-state index is 4.83. The second-order valence-corrected chi connectivity index (χ2v) is 10.4. The van der Waals surface area contributed by atoms with Crippen LogP contribution in [0.2, 0.25) is 0 Å². The van der Waals surface area contributed by atoms with Gasteiger partial charge in [-0.1, -0.05) is 87.1 Å². The van der Waals surface area contributed by atoms with Crippen molar-refractivity contribution >= 4 is 42.4 Å². The normalized spacial score (nSPS) is 20.3. The molecule has 0 spiro atoms. The Hall–Kier alpha value is -1.81. The van der Waals surface area contributed by atoms with Gasteiger partial charge in [-0.2, -0.15) is 0 Å². The minimum atomic E-state index is 0.